The minimum absolute atomic E-state index is 0.590. The van der Waals surface area contributed by atoms with E-state index in [1.165, 1.54) is 0 Å². The van der Waals surface area contributed by atoms with E-state index in [1.807, 2.05) is 42.3 Å². The van der Waals surface area contributed by atoms with E-state index in [-0.39, 0.29) is 0 Å². The molecule has 0 saturated heterocycles. The van der Waals surface area contributed by atoms with Crippen LogP contribution in [-0.4, -0.2) is 28.8 Å². The van der Waals surface area contributed by atoms with Gasteiger partial charge in [-0.15, -0.1) is 5.10 Å². The van der Waals surface area contributed by atoms with E-state index in [4.69, 9.17) is 0 Å². The molecule has 0 radical (unpaired) electrons. The SMILES string of the molecule is CCCCNc1cnnc(N(C)c2ccccc2)n1. The molecule has 0 bridgehead atoms. The molecule has 0 unspecified atom stereocenters. The second-order valence-corrected chi connectivity index (χ2v) is 4.32. The zero-order valence-electron chi connectivity index (χ0n) is 11.4. The van der Waals surface area contributed by atoms with Gasteiger partial charge in [0.2, 0.25) is 0 Å². The van der Waals surface area contributed by atoms with Gasteiger partial charge in [0.25, 0.3) is 5.95 Å². The van der Waals surface area contributed by atoms with Crippen LogP contribution in [0.2, 0.25) is 0 Å². The molecule has 1 heterocycles. The van der Waals surface area contributed by atoms with E-state index < -0.39 is 0 Å². The number of anilines is 3. The van der Waals surface area contributed by atoms with Crippen molar-refractivity contribution >= 4 is 17.5 Å². The fraction of sp³-hybridized carbons (Fsp3) is 0.357. The van der Waals surface area contributed by atoms with E-state index in [0.717, 1.165) is 30.9 Å². The largest absolute Gasteiger partial charge is 0.369 e. The third-order valence-electron chi connectivity index (χ3n) is 2.83. The predicted molar refractivity (Wildman–Crippen MR) is 77.7 cm³/mol. The lowest BCUT2D eigenvalue weighted by Crippen LogP contribution is -2.15. The topological polar surface area (TPSA) is 53.9 Å². The summed E-state index contributed by atoms with van der Waals surface area (Å²) in [6.45, 7) is 3.07. The highest BCUT2D eigenvalue weighted by Gasteiger charge is 2.07. The van der Waals surface area contributed by atoms with Gasteiger partial charge in [-0.1, -0.05) is 31.5 Å². The first-order chi connectivity index (χ1) is 9.31. The van der Waals surface area contributed by atoms with Gasteiger partial charge in [-0.05, 0) is 18.6 Å². The average Bonchev–Trinajstić information content (AvgIpc) is 2.48. The molecule has 0 saturated carbocycles. The summed E-state index contributed by atoms with van der Waals surface area (Å²) in [7, 11) is 1.93. The van der Waals surface area contributed by atoms with E-state index in [2.05, 4.69) is 27.4 Å². The van der Waals surface area contributed by atoms with Gasteiger partial charge in [-0.2, -0.15) is 10.1 Å². The molecule has 0 atom stereocenters. The summed E-state index contributed by atoms with van der Waals surface area (Å²) in [4.78, 5) is 6.38. The summed E-state index contributed by atoms with van der Waals surface area (Å²) < 4.78 is 0. The van der Waals surface area contributed by atoms with Crippen molar-refractivity contribution in [1.29, 1.82) is 0 Å². The predicted octanol–water partition coefficient (Wildman–Crippen LogP) is 2.85. The second-order valence-electron chi connectivity index (χ2n) is 4.32. The average molecular weight is 257 g/mol. The maximum Gasteiger partial charge on any atom is 0.251 e. The number of hydrogen-bond donors (Lipinski definition) is 1. The first-order valence-electron chi connectivity index (χ1n) is 6.53. The summed E-state index contributed by atoms with van der Waals surface area (Å²) in [5.74, 6) is 1.36. The molecule has 0 aliphatic rings. The number of nitrogens with one attached hydrogen (secondary N) is 1. The summed E-state index contributed by atoms with van der Waals surface area (Å²) in [6.07, 6.45) is 3.92. The van der Waals surface area contributed by atoms with Crippen molar-refractivity contribution in [3.63, 3.8) is 0 Å². The normalized spacial score (nSPS) is 10.2. The Bertz CT molecular complexity index is 500. The molecule has 0 aliphatic carbocycles. The third-order valence-corrected chi connectivity index (χ3v) is 2.83. The fourth-order valence-electron chi connectivity index (χ4n) is 1.68. The molecular weight excluding hydrogens is 238 g/mol. The van der Waals surface area contributed by atoms with Crippen LogP contribution in [0.25, 0.3) is 0 Å². The van der Waals surface area contributed by atoms with Gasteiger partial charge in [0, 0.05) is 19.3 Å². The maximum absolute atomic E-state index is 4.46. The highest BCUT2D eigenvalue weighted by molar-refractivity contribution is 5.56. The Balaban J connectivity index is 2.10. The molecule has 2 aromatic rings. The summed E-state index contributed by atoms with van der Waals surface area (Å²) in [6, 6.07) is 9.99. The molecule has 0 spiro atoms. The van der Waals surface area contributed by atoms with Crippen LogP contribution >= 0.6 is 0 Å². The van der Waals surface area contributed by atoms with Crippen molar-refractivity contribution in [1.82, 2.24) is 15.2 Å². The minimum Gasteiger partial charge on any atom is -0.369 e. The number of benzene rings is 1. The Morgan fingerprint density at radius 1 is 1.21 bits per heavy atom. The first-order valence-corrected chi connectivity index (χ1v) is 6.53. The lowest BCUT2D eigenvalue weighted by molar-refractivity contribution is 0.825. The van der Waals surface area contributed by atoms with E-state index in [9.17, 15) is 0 Å². The van der Waals surface area contributed by atoms with Crippen molar-refractivity contribution in [3.05, 3.63) is 36.5 Å². The minimum atomic E-state index is 0.590. The lowest BCUT2D eigenvalue weighted by Gasteiger charge is -2.16. The molecule has 5 nitrogen and oxygen atoms in total. The van der Waals surface area contributed by atoms with Crippen LogP contribution in [0.5, 0.6) is 0 Å². The zero-order chi connectivity index (χ0) is 13.5. The van der Waals surface area contributed by atoms with Gasteiger partial charge < -0.3 is 10.2 Å². The fourth-order valence-corrected chi connectivity index (χ4v) is 1.68. The number of rotatable bonds is 6. The highest BCUT2D eigenvalue weighted by Crippen LogP contribution is 2.19. The Labute approximate surface area is 113 Å². The van der Waals surface area contributed by atoms with Gasteiger partial charge in [0.15, 0.2) is 5.82 Å². The van der Waals surface area contributed by atoms with Crippen molar-refractivity contribution in [2.45, 2.75) is 19.8 Å². The van der Waals surface area contributed by atoms with E-state index in [0.29, 0.717) is 5.95 Å². The van der Waals surface area contributed by atoms with Gasteiger partial charge in [-0.3, -0.25) is 0 Å². The molecule has 0 aliphatic heterocycles. The van der Waals surface area contributed by atoms with Crippen LogP contribution in [0, 0.1) is 0 Å². The van der Waals surface area contributed by atoms with Crippen molar-refractivity contribution in [2.24, 2.45) is 0 Å². The molecule has 1 aromatic heterocycles. The summed E-state index contributed by atoms with van der Waals surface area (Å²) >= 11 is 0. The second kappa shape index (κ2) is 6.68. The van der Waals surface area contributed by atoms with Gasteiger partial charge in [0.05, 0.1) is 6.20 Å². The highest BCUT2D eigenvalue weighted by atomic mass is 15.3. The maximum atomic E-state index is 4.46. The Morgan fingerprint density at radius 2 is 2.00 bits per heavy atom. The Kier molecular flexibility index (Phi) is 4.66. The number of unbranched alkanes of at least 4 members (excludes halogenated alkanes) is 1. The Hall–Kier alpha value is -2.17. The van der Waals surface area contributed by atoms with Crippen molar-refractivity contribution in [2.75, 3.05) is 23.8 Å². The molecule has 100 valence electrons. The summed E-state index contributed by atoms with van der Waals surface area (Å²) in [5, 5.41) is 11.3. The molecule has 2 rings (SSSR count). The van der Waals surface area contributed by atoms with Crippen LogP contribution in [0.1, 0.15) is 19.8 Å². The number of hydrogen-bond acceptors (Lipinski definition) is 5. The number of aromatic nitrogens is 3. The van der Waals surface area contributed by atoms with Crippen LogP contribution in [-0.2, 0) is 0 Å². The molecule has 19 heavy (non-hydrogen) atoms. The van der Waals surface area contributed by atoms with Gasteiger partial charge in [0.1, 0.15) is 0 Å². The van der Waals surface area contributed by atoms with Crippen LogP contribution < -0.4 is 10.2 Å². The molecule has 0 fully saturated rings. The molecule has 5 heteroatoms. The van der Waals surface area contributed by atoms with Crippen LogP contribution in [0.4, 0.5) is 17.5 Å². The van der Waals surface area contributed by atoms with Crippen LogP contribution in [0.3, 0.4) is 0 Å². The quantitative estimate of drug-likeness (QED) is 0.806. The van der Waals surface area contributed by atoms with Crippen molar-refractivity contribution < 1.29 is 0 Å². The monoisotopic (exact) mass is 257 g/mol. The number of para-hydroxylation sites is 1. The van der Waals surface area contributed by atoms with E-state index in [1.54, 1.807) is 6.20 Å². The molecule has 1 aromatic carbocycles. The molecule has 0 amide bonds. The van der Waals surface area contributed by atoms with Gasteiger partial charge in [-0.25, -0.2) is 0 Å². The van der Waals surface area contributed by atoms with Crippen LogP contribution in [0.15, 0.2) is 36.5 Å². The lowest BCUT2D eigenvalue weighted by atomic mass is 10.3. The molecular formula is C14H19N5. The summed E-state index contributed by atoms with van der Waals surface area (Å²) in [5.41, 5.74) is 1.04. The van der Waals surface area contributed by atoms with E-state index >= 15 is 0 Å². The molecule has 1 N–H and O–H groups in total. The first kappa shape index (κ1) is 13.3. The zero-order valence-corrected chi connectivity index (χ0v) is 11.4. The smallest absolute Gasteiger partial charge is 0.251 e. The Morgan fingerprint density at radius 3 is 2.74 bits per heavy atom. The standard InChI is InChI=1S/C14H19N5/c1-3-4-10-15-13-11-16-18-14(17-13)19(2)12-8-6-5-7-9-12/h5-9,11H,3-4,10H2,1-2H3,(H,15,17,18). The van der Waals surface area contributed by atoms with Gasteiger partial charge >= 0.3 is 0 Å². The van der Waals surface area contributed by atoms with Crippen molar-refractivity contribution in [3.8, 4) is 0 Å². The third kappa shape index (κ3) is 3.64. The number of nitrogens with zero attached hydrogens (tertiary/aromatic N) is 4.